The normalized spacial score (nSPS) is 25.4. The van der Waals surface area contributed by atoms with Crippen molar-refractivity contribution < 1.29 is 43.2 Å². The van der Waals surface area contributed by atoms with Crippen molar-refractivity contribution in [1.29, 1.82) is 0 Å². The molecule has 1 saturated carbocycles. The summed E-state index contributed by atoms with van der Waals surface area (Å²) in [6.07, 6.45) is 10.5. The van der Waals surface area contributed by atoms with Crippen LogP contribution in [0.4, 0.5) is 9.18 Å². The molecule has 310 valence electrons. The van der Waals surface area contributed by atoms with Crippen molar-refractivity contribution in [3.63, 3.8) is 0 Å². The molecule has 2 N–H and O–H groups in total. The number of nitrogens with zero attached hydrogens (tertiary/aromatic N) is 3. The van der Waals surface area contributed by atoms with Crippen LogP contribution in [0.3, 0.4) is 0 Å². The molecule has 6 atom stereocenters. The summed E-state index contributed by atoms with van der Waals surface area (Å²) in [5.41, 5.74) is 3.33. The molecule has 6 rings (SSSR count). The Morgan fingerprint density at radius 1 is 1.05 bits per heavy atom. The van der Waals surface area contributed by atoms with Crippen molar-refractivity contribution in [2.75, 3.05) is 59.3 Å². The second-order valence-corrected chi connectivity index (χ2v) is 15.3. The summed E-state index contributed by atoms with van der Waals surface area (Å²) in [4.78, 5) is 24.2. The number of carbonyl (C=O) groups excluding carboxylic acids is 1. The van der Waals surface area contributed by atoms with Gasteiger partial charge in [0.25, 0.3) is 0 Å². The topological polar surface area (TPSA) is 122 Å². The number of amides is 1. The minimum atomic E-state index is -1.45. The van der Waals surface area contributed by atoms with E-state index in [4.69, 9.17) is 28.9 Å². The van der Waals surface area contributed by atoms with Crippen LogP contribution < -0.4 is 9.47 Å². The van der Waals surface area contributed by atoms with E-state index >= 15 is 0 Å². The van der Waals surface area contributed by atoms with Gasteiger partial charge in [-0.1, -0.05) is 48.4 Å². The maximum Gasteiger partial charge on any atom is 0.410 e. The van der Waals surface area contributed by atoms with E-state index in [0.717, 1.165) is 62.2 Å². The standard InChI is InChI=1S/C45H60FN3O8/c1-4-7-26-54-44(52)49(31-32-14-16-34(46)17-15-32)41-30-39(47-56-6-3)37-28-33(12-8-10-23-50)36(13-9-11-24-51)42-38-29-35(53-27-22-48-20-21-48)18-19-40(38)57-45(41,43(37)42)55-25-5-2/h4-5,14-19,28-29,33,36,41-43,50-51H,1-2,6-13,20-27,30-31H2,3H3. The third kappa shape index (κ3) is 10.1. The molecule has 2 aromatic carbocycles. The summed E-state index contributed by atoms with van der Waals surface area (Å²) < 4.78 is 40.7. The minimum absolute atomic E-state index is 0.0726. The zero-order valence-corrected chi connectivity index (χ0v) is 33.4. The number of hydrogen-bond acceptors (Lipinski definition) is 10. The molecule has 0 spiro atoms. The zero-order valence-electron chi connectivity index (χ0n) is 33.4. The molecule has 4 aliphatic rings. The van der Waals surface area contributed by atoms with Crippen molar-refractivity contribution in [2.45, 2.75) is 82.6 Å². The number of rotatable bonds is 23. The number of allylic oxidation sites excluding steroid dienone is 1. The van der Waals surface area contributed by atoms with Crippen molar-refractivity contribution in [1.82, 2.24) is 9.80 Å². The van der Waals surface area contributed by atoms with Gasteiger partial charge in [0.15, 0.2) is 0 Å². The Morgan fingerprint density at radius 2 is 1.82 bits per heavy atom. The molecule has 11 nitrogen and oxygen atoms in total. The summed E-state index contributed by atoms with van der Waals surface area (Å²) in [5.74, 6) is -0.930. The van der Waals surface area contributed by atoms with E-state index in [1.54, 1.807) is 29.2 Å². The lowest BCUT2D eigenvalue weighted by molar-refractivity contribution is -0.256. The Balaban J connectivity index is 1.56. The number of oxime groups is 1. The number of ether oxygens (including phenoxy) is 4. The molecule has 2 heterocycles. The van der Waals surface area contributed by atoms with Crippen LogP contribution in [0, 0.1) is 23.6 Å². The Bertz CT molecular complexity index is 1710. The number of carbonyl (C=O) groups is 1. The highest BCUT2D eigenvalue weighted by Crippen LogP contribution is 2.62. The number of fused-ring (bicyclic) bond motifs is 2. The molecule has 0 aromatic heterocycles. The smallest absolute Gasteiger partial charge is 0.410 e. The lowest BCUT2D eigenvalue weighted by atomic mass is 9.55. The Hall–Kier alpha value is -4.23. The van der Waals surface area contributed by atoms with E-state index in [-0.39, 0.29) is 63.0 Å². The average molecular weight is 790 g/mol. The fourth-order valence-electron chi connectivity index (χ4n) is 8.87. The number of unbranched alkanes of at least 4 members (excludes halogenated alkanes) is 2. The van der Waals surface area contributed by atoms with Gasteiger partial charge in [0, 0.05) is 57.3 Å². The van der Waals surface area contributed by atoms with Crippen LogP contribution in [0.25, 0.3) is 0 Å². The molecule has 2 aliphatic carbocycles. The molecular formula is C45H60FN3O8. The lowest BCUT2D eigenvalue weighted by Gasteiger charge is -2.59. The Labute approximate surface area is 336 Å². The van der Waals surface area contributed by atoms with Gasteiger partial charge in [-0.3, -0.25) is 9.80 Å². The molecule has 6 unspecified atom stereocenters. The number of halogens is 1. The molecule has 0 bridgehead atoms. The van der Waals surface area contributed by atoms with Gasteiger partial charge in [0.1, 0.15) is 36.6 Å². The molecule has 2 aliphatic heterocycles. The summed E-state index contributed by atoms with van der Waals surface area (Å²) in [6, 6.07) is 11.3. The molecule has 2 aromatic rings. The molecule has 57 heavy (non-hydrogen) atoms. The summed E-state index contributed by atoms with van der Waals surface area (Å²) >= 11 is 0. The third-order valence-corrected chi connectivity index (χ3v) is 11.6. The van der Waals surface area contributed by atoms with Gasteiger partial charge in [0.2, 0.25) is 5.79 Å². The van der Waals surface area contributed by atoms with E-state index in [1.807, 2.05) is 19.1 Å². The summed E-state index contributed by atoms with van der Waals surface area (Å²) in [6.45, 7) is 14.2. The molecule has 0 radical (unpaired) electrons. The van der Waals surface area contributed by atoms with Crippen LogP contribution in [0.1, 0.15) is 75.3 Å². The summed E-state index contributed by atoms with van der Waals surface area (Å²) in [5, 5.41) is 24.5. The molecule has 2 fully saturated rings. The Kier molecular flexibility index (Phi) is 15.2. The molecule has 1 saturated heterocycles. The van der Waals surface area contributed by atoms with Gasteiger partial charge in [-0.2, -0.15) is 0 Å². The maximum atomic E-state index is 14.4. The molecular weight excluding hydrogens is 730 g/mol. The van der Waals surface area contributed by atoms with Crippen molar-refractivity contribution in [2.24, 2.45) is 22.9 Å². The monoisotopic (exact) mass is 789 g/mol. The first kappa shape index (κ1) is 42.4. The van der Waals surface area contributed by atoms with Gasteiger partial charge in [0.05, 0.1) is 24.8 Å². The maximum absolute atomic E-state index is 14.4. The predicted molar refractivity (Wildman–Crippen MR) is 217 cm³/mol. The fraction of sp³-hybridized carbons (Fsp3) is 0.556. The largest absolute Gasteiger partial charge is 0.492 e. The van der Waals surface area contributed by atoms with Crippen LogP contribution in [0.2, 0.25) is 0 Å². The highest BCUT2D eigenvalue weighted by molar-refractivity contribution is 6.03. The van der Waals surface area contributed by atoms with Crippen LogP contribution in [0.15, 0.2) is 84.6 Å². The van der Waals surface area contributed by atoms with Crippen LogP contribution in [-0.4, -0.2) is 103 Å². The molecule has 12 heteroatoms. The van der Waals surface area contributed by atoms with E-state index in [2.05, 4.69) is 30.2 Å². The van der Waals surface area contributed by atoms with Gasteiger partial charge in [-0.05, 0) is 92.3 Å². The van der Waals surface area contributed by atoms with Crippen LogP contribution in [0.5, 0.6) is 11.5 Å². The van der Waals surface area contributed by atoms with Crippen molar-refractivity contribution in [3.8, 4) is 11.5 Å². The third-order valence-electron chi connectivity index (χ3n) is 11.6. The number of aliphatic hydroxyl groups excluding tert-OH is 2. The van der Waals surface area contributed by atoms with Crippen LogP contribution in [-0.2, 0) is 20.9 Å². The highest BCUT2D eigenvalue weighted by atomic mass is 19.1. The average Bonchev–Trinajstić information content (AvgIpc) is 4.05. The van der Waals surface area contributed by atoms with Gasteiger partial charge < -0.3 is 34.0 Å². The van der Waals surface area contributed by atoms with E-state index in [9.17, 15) is 19.4 Å². The van der Waals surface area contributed by atoms with Gasteiger partial charge in [-0.25, -0.2) is 9.18 Å². The van der Waals surface area contributed by atoms with Crippen LogP contribution >= 0.6 is 0 Å². The number of benzene rings is 2. The number of hydrogen-bond donors (Lipinski definition) is 2. The molecule has 1 amide bonds. The van der Waals surface area contributed by atoms with E-state index < -0.39 is 23.8 Å². The SMILES string of the molecule is C=CCCOC(=O)N(Cc1ccc(F)cc1)C1CC(=NOCC)C2=CC(CCCCO)C(CCCCO)C3c4cc(OCCN5CC5)ccc4OC1(OCC=C)C23. The summed E-state index contributed by atoms with van der Waals surface area (Å²) in [7, 11) is 0. The van der Waals surface area contributed by atoms with Gasteiger partial charge in [-0.15, -0.1) is 13.2 Å². The van der Waals surface area contributed by atoms with E-state index in [1.165, 1.54) is 12.1 Å². The predicted octanol–water partition coefficient (Wildman–Crippen LogP) is 7.39. The first-order valence-corrected chi connectivity index (χ1v) is 20.7. The van der Waals surface area contributed by atoms with E-state index in [0.29, 0.717) is 49.5 Å². The second-order valence-electron chi connectivity index (χ2n) is 15.3. The number of aliphatic hydroxyl groups is 2. The second kappa shape index (κ2) is 20.5. The quantitative estimate of drug-likeness (QED) is 0.0514. The van der Waals surface area contributed by atoms with Gasteiger partial charge >= 0.3 is 6.09 Å². The first-order valence-electron chi connectivity index (χ1n) is 20.7. The highest BCUT2D eigenvalue weighted by Gasteiger charge is 2.65. The van der Waals surface area contributed by atoms with Crippen molar-refractivity contribution in [3.05, 3.63) is 96.4 Å². The Morgan fingerprint density at radius 3 is 2.53 bits per heavy atom. The zero-order chi connectivity index (χ0) is 40.2. The first-order chi connectivity index (χ1) is 27.9. The van der Waals surface area contributed by atoms with Crippen molar-refractivity contribution >= 4 is 11.8 Å². The minimum Gasteiger partial charge on any atom is -0.492 e. The lowest BCUT2D eigenvalue weighted by Crippen LogP contribution is -2.70. The fourth-order valence-corrected chi connectivity index (χ4v) is 8.87.